The molecule has 1 unspecified atom stereocenters. The van der Waals surface area contributed by atoms with E-state index in [1.165, 1.54) is 26.1 Å². The molecule has 0 spiro atoms. The first-order valence-electron chi connectivity index (χ1n) is 6.76. The molecule has 4 nitrogen and oxygen atoms in total. The summed E-state index contributed by atoms with van der Waals surface area (Å²) < 4.78 is 0. The Morgan fingerprint density at radius 3 is 3.11 bits per heavy atom. The number of nitrogens with zero attached hydrogens (tertiary/aromatic N) is 2. The number of imidazole rings is 1. The Morgan fingerprint density at radius 2 is 2.33 bits per heavy atom. The zero-order chi connectivity index (χ0) is 12.4. The molecule has 1 aromatic carbocycles. The van der Waals surface area contributed by atoms with Gasteiger partial charge in [0.2, 0.25) is 5.95 Å². The van der Waals surface area contributed by atoms with Crippen LogP contribution < -0.4 is 5.32 Å². The van der Waals surface area contributed by atoms with Gasteiger partial charge in [-0.05, 0) is 37.6 Å². The van der Waals surface area contributed by atoms with Gasteiger partial charge >= 0.3 is 0 Å². The van der Waals surface area contributed by atoms with E-state index in [-0.39, 0.29) is 0 Å². The average molecular weight is 244 g/mol. The van der Waals surface area contributed by atoms with Crippen molar-refractivity contribution in [2.24, 2.45) is 5.92 Å². The Labute approximate surface area is 107 Å². The Balaban J connectivity index is 1.60. The van der Waals surface area contributed by atoms with Crippen molar-refractivity contribution in [2.75, 3.05) is 31.5 Å². The molecule has 3 rings (SSSR count). The van der Waals surface area contributed by atoms with Crippen molar-refractivity contribution in [2.45, 2.75) is 13.3 Å². The largest absolute Gasteiger partial charge is 0.355 e. The zero-order valence-electron chi connectivity index (χ0n) is 10.8. The van der Waals surface area contributed by atoms with Crippen LogP contribution in [0.15, 0.2) is 24.3 Å². The second-order valence-electron chi connectivity index (χ2n) is 5.03. The molecule has 1 fully saturated rings. The molecule has 1 saturated heterocycles. The minimum atomic E-state index is 0.748. The highest BCUT2D eigenvalue weighted by Crippen LogP contribution is 2.17. The Hall–Kier alpha value is -1.55. The molecule has 1 aromatic heterocycles. The van der Waals surface area contributed by atoms with Gasteiger partial charge in [-0.25, -0.2) is 4.98 Å². The van der Waals surface area contributed by atoms with Crippen LogP contribution in [0.3, 0.4) is 0 Å². The van der Waals surface area contributed by atoms with Crippen LogP contribution in [0.25, 0.3) is 11.0 Å². The molecule has 0 amide bonds. The summed E-state index contributed by atoms with van der Waals surface area (Å²) in [4.78, 5) is 10.3. The molecular formula is C14H20N4. The van der Waals surface area contributed by atoms with Gasteiger partial charge in [0, 0.05) is 13.1 Å². The number of aromatic nitrogens is 2. The van der Waals surface area contributed by atoms with E-state index < -0.39 is 0 Å². The van der Waals surface area contributed by atoms with Crippen molar-refractivity contribution in [3.8, 4) is 0 Å². The number of rotatable bonds is 4. The normalized spacial score (nSPS) is 20.6. The van der Waals surface area contributed by atoms with Crippen LogP contribution in [-0.2, 0) is 0 Å². The van der Waals surface area contributed by atoms with Crippen LogP contribution in [0, 0.1) is 5.92 Å². The van der Waals surface area contributed by atoms with Gasteiger partial charge in [-0.1, -0.05) is 19.1 Å². The van der Waals surface area contributed by atoms with Gasteiger partial charge in [0.05, 0.1) is 11.0 Å². The molecule has 0 aliphatic carbocycles. The molecule has 0 bridgehead atoms. The maximum atomic E-state index is 4.53. The standard InChI is InChI=1S/C14H20N4/c1-2-18-8-7-11(10-18)9-15-14-16-12-5-3-4-6-13(12)17-14/h3-6,11H,2,7-10H2,1H3,(H2,15,16,17). The van der Waals surface area contributed by atoms with E-state index in [0.29, 0.717) is 0 Å². The van der Waals surface area contributed by atoms with Crippen molar-refractivity contribution >= 4 is 17.0 Å². The zero-order valence-corrected chi connectivity index (χ0v) is 10.8. The third-order valence-electron chi connectivity index (χ3n) is 3.76. The highest BCUT2D eigenvalue weighted by Gasteiger charge is 2.20. The summed E-state index contributed by atoms with van der Waals surface area (Å²) in [5.41, 5.74) is 2.13. The lowest BCUT2D eigenvalue weighted by Gasteiger charge is -2.13. The van der Waals surface area contributed by atoms with Crippen molar-refractivity contribution in [1.82, 2.24) is 14.9 Å². The number of nitrogens with one attached hydrogen (secondary N) is 2. The number of hydrogen-bond donors (Lipinski definition) is 2. The fourth-order valence-corrected chi connectivity index (χ4v) is 2.64. The monoisotopic (exact) mass is 244 g/mol. The van der Waals surface area contributed by atoms with Gasteiger partial charge in [-0.15, -0.1) is 0 Å². The quantitative estimate of drug-likeness (QED) is 0.867. The second-order valence-corrected chi connectivity index (χ2v) is 5.03. The summed E-state index contributed by atoms with van der Waals surface area (Å²) in [6.07, 6.45) is 1.29. The summed E-state index contributed by atoms with van der Waals surface area (Å²) in [5.74, 6) is 1.64. The topological polar surface area (TPSA) is 44.0 Å². The lowest BCUT2D eigenvalue weighted by Crippen LogP contribution is -2.22. The van der Waals surface area contributed by atoms with Crippen LogP contribution >= 0.6 is 0 Å². The molecule has 18 heavy (non-hydrogen) atoms. The molecule has 1 aliphatic rings. The summed E-state index contributed by atoms with van der Waals surface area (Å²) in [6, 6.07) is 8.14. The second kappa shape index (κ2) is 4.98. The molecule has 1 atom stereocenters. The number of benzene rings is 1. The van der Waals surface area contributed by atoms with Gasteiger partial charge in [0.25, 0.3) is 0 Å². The van der Waals surface area contributed by atoms with E-state index in [4.69, 9.17) is 0 Å². The van der Waals surface area contributed by atoms with E-state index in [1.54, 1.807) is 0 Å². The van der Waals surface area contributed by atoms with Crippen LogP contribution in [0.1, 0.15) is 13.3 Å². The predicted octanol–water partition coefficient (Wildman–Crippen LogP) is 2.32. The van der Waals surface area contributed by atoms with E-state index in [0.717, 1.165) is 29.4 Å². The molecule has 1 aliphatic heterocycles. The number of hydrogen-bond acceptors (Lipinski definition) is 3. The first-order valence-corrected chi connectivity index (χ1v) is 6.76. The maximum Gasteiger partial charge on any atom is 0.201 e. The summed E-state index contributed by atoms with van der Waals surface area (Å²) in [7, 11) is 0. The number of para-hydroxylation sites is 2. The SMILES string of the molecule is CCN1CCC(CNc2nc3ccccc3[nH]2)C1. The van der Waals surface area contributed by atoms with Crippen LogP contribution in [-0.4, -0.2) is 41.0 Å². The number of likely N-dealkylation sites (tertiary alicyclic amines) is 1. The minimum absolute atomic E-state index is 0.748. The van der Waals surface area contributed by atoms with Crippen LogP contribution in [0.5, 0.6) is 0 Å². The van der Waals surface area contributed by atoms with Gasteiger partial charge < -0.3 is 15.2 Å². The smallest absolute Gasteiger partial charge is 0.201 e. The van der Waals surface area contributed by atoms with Crippen molar-refractivity contribution in [1.29, 1.82) is 0 Å². The van der Waals surface area contributed by atoms with E-state index in [1.807, 2.05) is 18.2 Å². The molecule has 2 heterocycles. The Morgan fingerprint density at radius 1 is 1.44 bits per heavy atom. The summed E-state index contributed by atoms with van der Waals surface area (Å²) in [6.45, 7) is 6.86. The summed E-state index contributed by atoms with van der Waals surface area (Å²) >= 11 is 0. The number of H-pyrrole nitrogens is 1. The van der Waals surface area contributed by atoms with Gasteiger partial charge in [-0.3, -0.25) is 0 Å². The van der Waals surface area contributed by atoms with Gasteiger partial charge in [-0.2, -0.15) is 0 Å². The lowest BCUT2D eigenvalue weighted by molar-refractivity contribution is 0.345. The maximum absolute atomic E-state index is 4.53. The van der Waals surface area contributed by atoms with E-state index in [9.17, 15) is 0 Å². The van der Waals surface area contributed by atoms with Crippen LogP contribution in [0.4, 0.5) is 5.95 Å². The van der Waals surface area contributed by atoms with Crippen LogP contribution in [0.2, 0.25) is 0 Å². The molecule has 2 aromatic rings. The first-order chi connectivity index (χ1) is 8.85. The third kappa shape index (κ3) is 2.34. The number of aromatic amines is 1. The molecule has 0 radical (unpaired) electrons. The fourth-order valence-electron chi connectivity index (χ4n) is 2.64. The highest BCUT2D eigenvalue weighted by atomic mass is 15.2. The van der Waals surface area contributed by atoms with Crippen molar-refractivity contribution < 1.29 is 0 Å². The predicted molar refractivity (Wildman–Crippen MR) is 74.8 cm³/mol. The first kappa shape index (κ1) is 11.5. The molecule has 2 N–H and O–H groups in total. The molecular weight excluding hydrogens is 224 g/mol. The number of anilines is 1. The van der Waals surface area contributed by atoms with Gasteiger partial charge in [0.1, 0.15) is 0 Å². The van der Waals surface area contributed by atoms with E-state index in [2.05, 4.69) is 33.2 Å². The fraction of sp³-hybridized carbons (Fsp3) is 0.500. The third-order valence-corrected chi connectivity index (χ3v) is 3.76. The number of fused-ring (bicyclic) bond motifs is 1. The average Bonchev–Trinajstić information content (AvgIpc) is 3.02. The van der Waals surface area contributed by atoms with E-state index >= 15 is 0 Å². The minimum Gasteiger partial charge on any atom is -0.355 e. The molecule has 96 valence electrons. The highest BCUT2D eigenvalue weighted by molar-refractivity contribution is 5.77. The van der Waals surface area contributed by atoms with Crippen molar-refractivity contribution in [3.05, 3.63) is 24.3 Å². The van der Waals surface area contributed by atoms with Gasteiger partial charge in [0.15, 0.2) is 0 Å². The van der Waals surface area contributed by atoms with Crippen molar-refractivity contribution in [3.63, 3.8) is 0 Å². The lowest BCUT2D eigenvalue weighted by atomic mass is 10.1. The Bertz CT molecular complexity index is 486. The molecule has 0 saturated carbocycles. The Kier molecular flexibility index (Phi) is 3.19. The molecule has 4 heteroatoms. The summed E-state index contributed by atoms with van der Waals surface area (Å²) in [5, 5.41) is 3.43.